The van der Waals surface area contributed by atoms with Gasteiger partial charge in [0.25, 0.3) is 5.69 Å². The maximum Gasteiger partial charge on any atom is 0.269 e. The second-order valence-corrected chi connectivity index (χ2v) is 5.26. The molecule has 7 nitrogen and oxygen atoms in total. The molecule has 0 radical (unpaired) electrons. The Bertz CT molecular complexity index is 544. The summed E-state index contributed by atoms with van der Waals surface area (Å²) in [6.45, 7) is 0. The van der Waals surface area contributed by atoms with Crippen LogP contribution in [0.2, 0.25) is 0 Å². The summed E-state index contributed by atoms with van der Waals surface area (Å²) < 4.78 is 0. The van der Waals surface area contributed by atoms with Crippen molar-refractivity contribution in [3.63, 3.8) is 0 Å². The quantitative estimate of drug-likeness (QED) is 0.563. The predicted molar refractivity (Wildman–Crippen MR) is 71.4 cm³/mol. The van der Waals surface area contributed by atoms with Crippen LogP contribution in [0.3, 0.4) is 0 Å². The Labute approximate surface area is 115 Å². The average molecular weight is 276 g/mol. The van der Waals surface area contributed by atoms with Crippen molar-refractivity contribution in [2.75, 3.05) is 0 Å². The van der Waals surface area contributed by atoms with Crippen LogP contribution in [0.15, 0.2) is 24.3 Å². The first-order chi connectivity index (χ1) is 9.63. The lowest BCUT2D eigenvalue weighted by molar-refractivity contribution is -0.384. The van der Waals surface area contributed by atoms with Crippen LogP contribution in [0, 0.1) is 16.0 Å². The monoisotopic (exact) mass is 276 g/mol. The number of hydrogen-bond donors (Lipinski definition) is 3. The molecule has 0 spiro atoms. The molecule has 1 aliphatic heterocycles. The minimum Gasteiger partial charge on any atom is -0.339 e. The molecule has 3 N–H and O–H groups in total. The largest absolute Gasteiger partial charge is 0.339 e. The van der Waals surface area contributed by atoms with Crippen LogP contribution in [-0.4, -0.2) is 17.0 Å². The lowest BCUT2D eigenvalue weighted by Crippen LogP contribution is -2.44. The highest BCUT2D eigenvalue weighted by atomic mass is 16.6. The van der Waals surface area contributed by atoms with E-state index >= 15 is 0 Å². The molecule has 0 aromatic heterocycles. The summed E-state index contributed by atoms with van der Waals surface area (Å²) >= 11 is 0. The Morgan fingerprint density at radius 3 is 2.85 bits per heavy atom. The van der Waals surface area contributed by atoms with Gasteiger partial charge in [-0.05, 0) is 18.4 Å². The number of nitrogens with zero attached hydrogens (tertiary/aromatic N) is 1. The number of amides is 1. The Morgan fingerprint density at radius 1 is 1.35 bits per heavy atom. The van der Waals surface area contributed by atoms with Crippen LogP contribution in [0.25, 0.3) is 0 Å². The number of non-ortho nitro benzene ring substituents is 1. The van der Waals surface area contributed by atoms with Crippen LogP contribution < -0.4 is 16.2 Å². The third-order valence-corrected chi connectivity index (χ3v) is 3.65. The van der Waals surface area contributed by atoms with Gasteiger partial charge >= 0.3 is 0 Å². The second kappa shape index (κ2) is 5.18. The lowest BCUT2D eigenvalue weighted by Gasteiger charge is -2.11. The number of nitro groups is 1. The van der Waals surface area contributed by atoms with Gasteiger partial charge in [-0.1, -0.05) is 12.1 Å². The molecular weight excluding hydrogens is 260 g/mol. The van der Waals surface area contributed by atoms with Crippen molar-refractivity contribution in [2.45, 2.75) is 31.5 Å². The number of nitrogens with one attached hydrogen (secondary N) is 3. The number of nitro benzene ring substituents is 1. The maximum atomic E-state index is 11.7. The Balaban J connectivity index is 1.62. The van der Waals surface area contributed by atoms with E-state index in [2.05, 4.69) is 16.2 Å². The molecule has 106 valence electrons. The van der Waals surface area contributed by atoms with Gasteiger partial charge in [0.1, 0.15) is 0 Å². The van der Waals surface area contributed by atoms with Crippen LogP contribution in [0.4, 0.5) is 5.69 Å². The van der Waals surface area contributed by atoms with Gasteiger partial charge in [0, 0.05) is 30.5 Å². The van der Waals surface area contributed by atoms with E-state index in [1.54, 1.807) is 12.1 Å². The molecule has 1 aliphatic carbocycles. The highest BCUT2D eigenvalue weighted by Crippen LogP contribution is 2.30. The van der Waals surface area contributed by atoms with Crippen LogP contribution >= 0.6 is 0 Å². The topological polar surface area (TPSA) is 96.3 Å². The van der Waals surface area contributed by atoms with Gasteiger partial charge in [-0.2, -0.15) is 0 Å². The molecule has 0 bridgehead atoms. The molecule has 1 aromatic rings. The van der Waals surface area contributed by atoms with Gasteiger partial charge in [-0.15, -0.1) is 0 Å². The molecule has 1 heterocycles. The van der Waals surface area contributed by atoms with Gasteiger partial charge in [-0.3, -0.25) is 14.9 Å². The zero-order valence-corrected chi connectivity index (χ0v) is 10.8. The second-order valence-electron chi connectivity index (χ2n) is 5.26. The third-order valence-electron chi connectivity index (χ3n) is 3.65. The van der Waals surface area contributed by atoms with E-state index in [0.29, 0.717) is 6.42 Å². The van der Waals surface area contributed by atoms with Gasteiger partial charge in [-0.25, -0.2) is 10.9 Å². The smallest absolute Gasteiger partial charge is 0.269 e. The first kappa shape index (κ1) is 13.0. The molecule has 2 unspecified atom stereocenters. The van der Waals surface area contributed by atoms with E-state index in [-0.39, 0.29) is 29.7 Å². The van der Waals surface area contributed by atoms with Crippen molar-refractivity contribution in [1.29, 1.82) is 0 Å². The Kier molecular flexibility index (Phi) is 3.37. The van der Waals surface area contributed by atoms with Crippen LogP contribution in [-0.2, 0) is 4.79 Å². The zero-order valence-electron chi connectivity index (χ0n) is 10.8. The van der Waals surface area contributed by atoms with E-state index < -0.39 is 4.92 Å². The van der Waals surface area contributed by atoms with E-state index in [1.807, 2.05) is 6.07 Å². The fourth-order valence-electron chi connectivity index (χ4n) is 2.36. The number of benzene rings is 1. The van der Waals surface area contributed by atoms with Gasteiger partial charge in [0.05, 0.1) is 11.1 Å². The minimum atomic E-state index is -0.405. The first-order valence-electron chi connectivity index (χ1n) is 6.69. The summed E-state index contributed by atoms with van der Waals surface area (Å²) in [6.07, 6.45) is 2.48. The number of hydrogen-bond acceptors (Lipinski definition) is 5. The zero-order chi connectivity index (χ0) is 14.1. The molecule has 1 saturated heterocycles. The molecule has 1 aromatic carbocycles. The van der Waals surface area contributed by atoms with Crippen LogP contribution in [0.1, 0.15) is 30.9 Å². The number of hydrazine groups is 1. The molecule has 2 aliphatic rings. The Hall–Kier alpha value is -1.99. The molecule has 1 saturated carbocycles. The fraction of sp³-hybridized carbons (Fsp3) is 0.462. The van der Waals surface area contributed by atoms with E-state index in [0.717, 1.165) is 18.4 Å². The highest BCUT2D eigenvalue weighted by molar-refractivity contribution is 5.81. The molecule has 2 atom stereocenters. The average Bonchev–Trinajstić information content (AvgIpc) is 3.20. The normalized spacial score (nSPS) is 25.4. The van der Waals surface area contributed by atoms with E-state index in [4.69, 9.17) is 0 Å². The molecule has 1 amide bonds. The lowest BCUT2D eigenvalue weighted by atomic mass is 10.0. The maximum absolute atomic E-state index is 11.7. The first-order valence-corrected chi connectivity index (χ1v) is 6.69. The fourth-order valence-corrected chi connectivity index (χ4v) is 2.36. The van der Waals surface area contributed by atoms with Crippen LogP contribution in [0.5, 0.6) is 0 Å². The van der Waals surface area contributed by atoms with Crippen molar-refractivity contribution in [1.82, 2.24) is 16.2 Å². The standard InChI is InChI=1S/C13H16N4O3/c18-13(8-4-5-8)14-12-7-11(15-16-12)9-2-1-3-10(6-9)17(19)20/h1-3,6,8,11-12,15-16H,4-5,7H2,(H,14,18). The highest BCUT2D eigenvalue weighted by Gasteiger charge is 2.33. The van der Waals surface area contributed by atoms with E-state index in [1.165, 1.54) is 6.07 Å². The Morgan fingerprint density at radius 2 is 2.15 bits per heavy atom. The summed E-state index contributed by atoms with van der Waals surface area (Å²) in [5.74, 6) is 0.262. The summed E-state index contributed by atoms with van der Waals surface area (Å²) in [5.41, 5.74) is 7.00. The molecule has 3 rings (SSSR count). The molecule has 7 heteroatoms. The van der Waals surface area contributed by atoms with Crippen molar-refractivity contribution < 1.29 is 9.72 Å². The number of carbonyl (C=O) groups excluding carboxylic acids is 1. The van der Waals surface area contributed by atoms with Crippen molar-refractivity contribution in [2.24, 2.45) is 5.92 Å². The molecule has 2 fully saturated rings. The summed E-state index contributed by atoms with van der Waals surface area (Å²) in [4.78, 5) is 22.0. The summed E-state index contributed by atoms with van der Waals surface area (Å²) in [6, 6.07) is 6.50. The van der Waals surface area contributed by atoms with Gasteiger partial charge in [0.15, 0.2) is 0 Å². The van der Waals surface area contributed by atoms with Crippen molar-refractivity contribution in [3.05, 3.63) is 39.9 Å². The van der Waals surface area contributed by atoms with Crippen molar-refractivity contribution in [3.8, 4) is 0 Å². The predicted octanol–water partition coefficient (Wildman–Crippen LogP) is 0.986. The summed E-state index contributed by atoms with van der Waals surface area (Å²) in [7, 11) is 0. The summed E-state index contributed by atoms with van der Waals surface area (Å²) in [5, 5.41) is 13.7. The van der Waals surface area contributed by atoms with E-state index in [9.17, 15) is 14.9 Å². The SMILES string of the molecule is O=C(NC1CC(c2cccc([N+](=O)[O-])c2)NN1)C1CC1. The van der Waals surface area contributed by atoms with Gasteiger partial charge < -0.3 is 5.32 Å². The molecule has 20 heavy (non-hydrogen) atoms. The number of rotatable bonds is 4. The van der Waals surface area contributed by atoms with Gasteiger partial charge in [0.2, 0.25) is 5.91 Å². The minimum absolute atomic E-state index is 0.0422. The molecular formula is C13H16N4O3. The third kappa shape index (κ3) is 2.78. The van der Waals surface area contributed by atoms with Crippen molar-refractivity contribution >= 4 is 11.6 Å². The number of carbonyl (C=O) groups is 1.